The molecule has 1 unspecified atom stereocenters. The monoisotopic (exact) mass is 238 g/mol. The van der Waals surface area contributed by atoms with Crippen molar-refractivity contribution in [1.82, 2.24) is 9.97 Å². The second-order valence-electron chi connectivity index (χ2n) is 4.14. The normalized spacial score (nSPS) is 19.4. The van der Waals surface area contributed by atoms with E-state index in [4.69, 9.17) is 15.3 Å². The van der Waals surface area contributed by atoms with Gasteiger partial charge >= 0.3 is 0 Å². The van der Waals surface area contributed by atoms with Crippen molar-refractivity contribution in [2.75, 3.05) is 18.6 Å². The van der Waals surface area contributed by atoms with Crippen molar-refractivity contribution < 1.29 is 9.47 Å². The number of rotatable bonds is 4. The molecule has 0 aromatic carbocycles. The molecule has 6 heteroatoms. The molecule has 1 aliphatic heterocycles. The molecule has 1 atom stereocenters. The maximum absolute atomic E-state index is 5.67. The molecule has 1 fully saturated rings. The average molecular weight is 238 g/mol. The Bertz CT molecular complexity index is 391. The molecular weight excluding hydrogens is 220 g/mol. The predicted octanol–water partition coefficient (Wildman–Crippen LogP) is 0.937. The molecule has 0 radical (unpaired) electrons. The van der Waals surface area contributed by atoms with Gasteiger partial charge in [-0.2, -0.15) is 4.98 Å². The van der Waals surface area contributed by atoms with Gasteiger partial charge in [0.2, 0.25) is 5.88 Å². The maximum atomic E-state index is 5.67. The van der Waals surface area contributed by atoms with Gasteiger partial charge in [0.1, 0.15) is 18.2 Å². The number of aryl methyl sites for hydroxylation is 1. The summed E-state index contributed by atoms with van der Waals surface area (Å²) in [6.07, 6.45) is 2.33. The predicted molar refractivity (Wildman–Crippen MR) is 63.8 cm³/mol. The Morgan fingerprint density at radius 3 is 2.94 bits per heavy atom. The minimum atomic E-state index is 0.180. The first-order valence-corrected chi connectivity index (χ1v) is 5.77. The van der Waals surface area contributed by atoms with E-state index < -0.39 is 0 Å². The second-order valence-corrected chi connectivity index (χ2v) is 4.14. The summed E-state index contributed by atoms with van der Waals surface area (Å²) in [5.74, 6) is 7.18. The van der Waals surface area contributed by atoms with Crippen LogP contribution < -0.4 is 16.0 Å². The summed E-state index contributed by atoms with van der Waals surface area (Å²) >= 11 is 0. The summed E-state index contributed by atoms with van der Waals surface area (Å²) < 4.78 is 11.2. The van der Waals surface area contributed by atoms with Crippen LogP contribution in [0.4, 0.5) is 5.82 Å². The SMILES string of the molecule is Cc1nc(NN)c(C)c(OCC2CCCO2)n1. The van der Waals surface area contributed by atoms with E-state index in [0.717, 1.165) is 25.0 Å². The van der Waals surface area contributed by atoms with Gasteiger partial charge in [0.25, 0.3) is 0 Å². The Kier molecular flexibility index (Phi) is 3.75. The van der Waals surface area contributed by atoms with Gasteiger partial charge in [0.15, 0.2) is 0 Å². The number of aromatic nitrogens is 2. The number of hydrazine groups is 1. The van der Waals surface area contributed by atoms with Gasteiger partial charge < -0.3 is 14.9 Å². The van der Waals surface area contributed by atoms with Crippen molar-refractivity contribution in [2.24, 2.45) is 5.84 Å². The quantitative estimate of drug-likeness (QED) is 0.600. The zero-order chi connectivity index (χ0) is 12.3. The highest BCUT2D eigenvalue weighted by Gasteiger charge is 2.17. The lowest BCUT2D eigenvalue weighted by atomic mass is 10.2. The number of nitrogens with two attached hydrogens (primary N) is 1. The fraction of sp³-hybridized carbons (Fsp3) is 0.636. The van der Waals surface area contributed by atoms with Gasteiger partial charge in [0, 0.05) is 6.61 Å². The molecular formula is C11H18N4O2. The van der Waals surface area contributed by atoms with E-state index in [1.54, 1.807) is 6.92 Å². The number of anilines is 1. The van der Waals surface area contributed by atoms with Crippen LogP contribution in [0.3, 0.4) is 0 Å². The van der Waals surface area contributed by atoms with E-state index in [2.05, 4.69) is 15.4 Å². The molecule has 0 saturated carbocycles. The summed E-state index contributed by atoms with van der Waals surface area (Å²) in [6, 6.07) is 0. The molecule has 0 aliphatic carbocycles. The van der Waals surface area contributed by atoms with Crippen LogP contribution in [-0.2, 0) is 4.74 Å². The van der Waals surface area contributed by atoms with Crippen molar-refractivity contribution in [1.29, 1.82) is 0 Å². The molecule has 3 N–H and O–H groups in total. The fourth-order valence-corrected chi connectivity index (χ4v) is 1.83. The van der Waals surface area contributed by atoms with Crippen molar-refractivity contribution >= 4 is 5.82 Å². The molecule has 1 aliphatic rings. The molecule has 1 aromatic rings. The first kappa shape index (κ1) is 12.1. The van der Waals surface area contributed by atoms with E-state index >= 15 is 0 Å². The molecule has 17 heavy (non-hydrogen) atoms. The first-order valence-electron chi connectivity index (χ1n) is 5.77. The average Bonchev–Trinajstić information content (AvgIpc) is 2.82. The lowest BCUT2D eigenvalue weighted by Crippen LogP contribution is -2.18. The Morgan fingerprint density at radius 2 is 2.29 bits per heavy atom. The molecule has 1 aromatic heterocycles. The van der Waals surface area contributed by atoms with Crippen molar-refractivity contribution in [2.45, 2.75) is 32.8 Å². The Hall–Kier alpha value is -1.40. The number of nitrogens with one attached hydrogen (secondary N) is 1. The van der Waals surface area contributed by atoms with Crippen LogP contribution in [0.1, 0.15) is 24.2 Å². The molecule has 2 rings (SSSR count). The largest absolute Gasteiger partial charge is 0.475 e. The topological polar surface area (TPSA) is 82.3 Å². The van der Waals surface area contributed by atoms with E-state index in [0.29, 0.717) is 24.1 Å². The lowest BCUT2D eigenvalue weighted by molar-refractivity contribution is 0.0660. The molecule has 1 saturated heterocycles. The third-order valence-corrected chi connectivity index (χ3v) is 2.78. The zero-order valence-electron chi connectivity index (χ0n) is 10.2. The van der Waals surface area contributed by atoms with E-state index in [1.807, 2.05) is 6.92 Å². The zero-order valence-corrected chi connectivity index (χ0v) is 10.2. The fourth-order valence-electron chi connectivity index (χ4n) is 1.83. The van der Waals surface area contributed by atoms with Crippen LogP contribution in [0.5, 0.6) is 5.88 Å². The highest BCUT2D eigenvalue weighted by Crippen LogP contribution is 2.22. The summed E-state index contributed by atoms with van der Waals surface area (Å²) in [7, 11) is 0. The smallest absolute Gasteiger partial charge is 0.221 e. The van der Waals surface area contributed by atoms with Crippen molar-refractivity contribution in [3.8, 4) is 5.88 Å². The molecule has 0 bridgehead atoms. The van der Waals surface area contributed by atoms with Gasteiger partial charge in [-0.1, -0.05) is 0 Å². The Morgan fingerprint density at radius 1 is 1.47 bits per heavy atom. The summed E-state index contributed by atoms with van der Waals surface area (Å²) in [5.41, 5.74) is 3.36. The number of hydrogen-bond donors (Lipinski definition) is 2. The van der Waals surface area contributed by atoms with Gasteiger partial charge in [-0.05, 0) is 26.7 Å². The van der Waals surface area contributed by atoms with E-state index in [-0.39, 0.29) is 6.10 Å². The maximum Gasteiger partial charge on any atom is 0.221 e. The van der Waals surface area contributed by atoms with Gasteiger partial charge in [-0.15, -0.1) is 0 Å². The van der Waals surface area contributed by atoms with Crippen LogP contribution >= 0.6 is 0 Å². The molecule has 94 valence electrons. The van der Waals surface area contributed by atoms with Crippen LogP contribution in [0.15, 0.2) is 0 Å². The highest BCUT2D eigenvalue weighted by molar-refractivity contribution is 5.47. The van der Waals surface area contributed by atoms with Crippen LogP contribution in [0, 0.1) is 13.8 Å². The van der Waals surface area contributed by atoms with Crippen LogP contribution in [-0.4, -0.2) is 29.3 Å². The Balaban J connectivity index is 2.06. The van der Waals surface area contributed by atoms with Crippen LogP contribution in [0.2, 0.25) is 0 Å². The van der Waals surface area contributed by atoms with E-state index in [1.165, 1.54) is 0 Å². The molecule has 2 heterocycles. The third-order valence-electron chi connectivity index (χ3n) is 2.78. The number of nitrogen functional groups attached to an aromatic ring is 1. The van der Waals surface area contributed by atoms with E-state index in [9.17, 15) is 0 Å². The highest BCUT2D eigenvalue weighted by atomic mass is 16.5. The first-order chi connectivity index (χ1) is 8.20. The minimum Gasteiger partial charge on any atom is -0.475 e. The van der Waals surface area contributed by atoms with Gasteiger partial charge in [-0.25, -0.2) is 10.8 Å². The summed E-state index contributed by atoms with van der Waals surface area (Å²) in [6.45, 7) is 5.03. The summed E-state index contributed by atoms with van der Waals surface area (Å²) in [5, 5.41) is 0. The molecule has 6 nitrogen and oxygen atoms in total. The lowest BCUT2D eigenvalue weighted by Gasteiger charge is -2.14. The molecule has 0 spiro atoms. The van der Waals surface area contributed by atoms with Gasteiger partial charge in [-0.3, -0.25) is 0 Å². The summed E-state index contributed by atoms with van der Waals surface area (Å²) in [4.78, 5) is 8.43. The Labute approximate surface area is 101 Å². The number of hydrogen-bond acceptors (Lipinski definition) is 6. The van der Waals surface area contributed by atoms with Crippen molar-refractivity contribution in [3.05, 3.63) is 11.4 Å². The minimum absolute atomic E-state index is 0.180. The molecule has 0 amide bonds. The number of ether oxygens (including phenoxy) is 2. The van der Waals surface area contributed by atoms with Crippen molar-refractivity contribution in [3.63, 3.8) is 0 Å². The van der Waals surface area contributed by atoms with Crippen LogP contribution in [0.25, 0.3) is 0 Å². The van der Waals surface area contributed by atoms with Gasteiger partial charge in [0.05, 0.1) is 11.7 Å². The standard InChI is InChI=1S/C11H18N4O2/c1-7-10(15-12)13-8(2)14-11(7)17-6-9-4-3-5-16-9/h9H,3-6,12H2,1-2H3,(H,13,14,15). The second kappa shape index (κ2) is 5.29. The third kappa shape index (κ3) is 2.83. The number of nitrogens with zero attached hydrogens (tertiary/aromatic N) is 2.